The van der Waals surface area contributed by atoms with Gasteiger partial charge in [0.2, 0.25) is 0 Å². The third-order valence-corrected chi connectivity index (χ3v) is 2.28. The van der Waals surface area contributed by atoms with E-state index in [1.54, 1.807) is 7.11 Å². The molecule has 0 aromatic heterocycles. The predicted octanol–water partition coefficient (Wildman–Crippen LogP) is 1.70. The predicted molar refractivity (Wildman–Crippen MR) is 65.7 cm³/mol. The normalized spacial score (nSPS) is 10.6. The van der Waals surface area contributed by atoms with Crippen LogP contribution in [-0.2, 0) is 20.8 Å². The van der Waals surface area contributed by atoms with Gasteiger partial charge in [-0.2, -0.15) is 0 Å². The van der Waals surface area contributed by atoms with E-state index in [0.717, 1.165) is 6.07 Å². The van der Waals surface area contributed by atoms with Crippen molar-refractivity contribution in [3.8, 4) is 0 Å². The summed E-state index contributed by atoms with van der Waals surface area (Å²) in [5.41, 5.74) is 0.393. The van der Waals surface area contributed by atoms with Gasteiger partial charge in [0.05, 0.1) is 38.6 Å². The van der Waals surface area contributed by atoms with Gasteiger partial charge in [0.15, 0.2) is 0 Å². The van der Waals surface area contributed by atoms with Gasteiger partial charge in [-0.05, 0) is 23.8 Å². The molecule has 6 heteroatoms. The van der Waals surface area contributed by atoms with Gasteiger partial charge in [0, 0.05) is 7.11 Å². The average molecular weight is 272 g/mol. The zero-order chi connectivity index (χ0) is 14.1. The monoisotopic (exact) mass is 272 g/mol. The maximum Gasteiger partial charge on any atom is 0.335 e. The van der Waals surface area contributed by atoms with E-state index in [1.165, 1.54) is 12.1 Å². The summed E-state index contributed by atoms with van der Waals surface area (Å²) in [7, 11) is 1.59. The van der Waals surface area contributed by atoms with Crippen LogP contribution < -0.4 is 0 Å². The van der Waals surface area contributed by atoms with E-state index in [4.69, 9.17) is 19.3 Å². The Morgan fingerprint density at radius 3 is 2.53 bits per heavy atom. The lowest BCUT2D eigenvalue weighted by Crippen LogP contribution is -2.08. The van der Waals surface area contributed by atoms with Gasteiger partial charge in [-0.3, -0.25) is 0 Å². The number of methoxy groups -OCH3 is 1. The van der Waals surface area contributed by atoms with Gasteiger partial charge in [-0.15, -0.1) is 0 Å². The van der Waals surface area contributed by atoms with Gasteiger partial charge in [0.1, 0.15) is 5.82 Å². The van der Waals surface area contributed by atoms with E-state index in [1.807, 2.05) is 0 Å². The van der Waals surface area contributed by atoms with Crippen molar-refractivity contribution in [2.75, 3.05) is 33.5 Å². The second-order valence-electron chi connectivity index (χ2n) is 3.81. The molecule has 0 unspecified atom stereocenters. The van der Waals surface area contributed by atoms with Crippen molar-refractivity contribution in [3.05, 3.63) is 35.1 Å². The number of carboxylic acid groups (broad SMARTS) is 1. The van der Waals surface area contributed by atoms with Crippen LogP contribution in [0.1, 0.15) is 15.9 Å². The molecule has 0 saturated heterocycles. The maximum atomic E-state index is 13.1. The Balaban J connectivity index is 2.31. The highest BCUT2D eigenvalue weighted by Gasteiger charge is 2.07. The molecule has 0 bridgehead atoms. The topological polar surface area (TPSA) is 65.0 Å². The fourth-order valence-corrected chi connectivity index (χ4v) is 1.41. The molecule has 1 rings (SSSR count). The molecular formula is C13H17FO5. The number of hydrogen-bond acceptors (Lipinski definition) is 4. The minimum atomic E-state index is -1.16. The van der Waals surface area contributed by atoms with Crippen LogP contribution in [0.25, 0.3) is 0 Å². The number of ether oxygens (including phenoxy) is 3. The summed E-state index contributed by atoms with van der Waals surface area (Å²) in [5.74, 6) is -1.75. The molecule has 0 aliphatic heterocycles. The molecule has 106 valence electrons. The number of hydrogen-bond donors (Lipinski definition) is 1. The number of carbonyl (C=O) groups is 1. The largest absolute Gasteiger partial charge is 0.478 e. The number of aromatic carboxylic acids is 1. The standard InChI is InChI=1S/C13H17FO5/c1-17-2-3-18-4-5-19-9-10-6-11(13(15)16)8-12(14)7-10/h6-8H,2-5,9H2,1H3,(H,15,16). The average Bonchev–Trinajstić information content (AvgIpc) is 2.37. The van der Waals surface area contributed by atoms with E-state index in [2.05, 4.69) is 0 Å². The Bertz CT molecular complexity index is 408. The molecule has 0 aliphatic carbocycles. The zero-order valence-electron chi connectivity index (χ0n) is 10.7. The summed E-state index contributed by atoms with van der Waals surface area (Å²) in [6.45, 7) is 1.91. The van der Waals surface area contributed by atoms with Gasteiger partial charge in [-0.1, -0.05) is 0 Å². The lowest BCUT2D eigenvalue weighted by molar-refractivity contribution is 0.0199. The molecule has 1 aromatic carbocycles. The van der Waals surface area contributed by atoms with Crippen molar-refractivity contribution < 1.29 is 28.5 Å². The van der Waals surface area contributed by atoms with E-state index >= 15 is 0 Å². The van der Waals surface area contributed by atoms with E-state index in [9.17, 15) is 9.18 Å². The molecule has 0 fully saturated rings. The van der Waals surface area contributed by atoms with Crippen LogP contribution in [0.5, 0.6) is 0 Å². The third kappa shape index (κ3) is 6.28. The fourth-order valence-electron chi connectivity index (χ4n) is 1.41. The first-order valence-electron chi connectivity index (χ1n) is 5.80. The van der Waals surface area contributed by atoms with Gasteiger partial charge in [0.25, 0.3) is 0 Å². The first-order chi connectivity index (χ1) is 9.13. The van der Waals surface area contributed by atoms with Gasteiger partial charge in [-0.25, -0.2) is 9.18 Å². The van der Waals surface area contributed by atoms with Crippen LogP contribution in [0, 0.1) is 5.82 Å². The van der Waals surface area contributed by atoms with Crippen molar-refractivity contribution in [3.63, 3.8) is 0 Å². The number of rotatable bonds is 9. The second kappa shape index (κ2) is 8.58. The Labute approximate surface area is 110 Å². The first-order valence-corrected chi connectivity index (χ1v) is 5.80. The van der Waals surface area contributed by atoms with Crippen molar-refractivity contribution in [1.82, 2.24) is 0 Å². The minimum absolute atomic E-state index is 0.0880. The minimum Gasteiger partial charge on any atom is -0.478 e. The Kier molecular flexibility index (Phi) is 7.02. The quantitative estimate of drug-likeness (QED) is 0.693. The van der Waals surface area contributed by atoms with Crippen molar-refractivity contribution in [2.45, 2.75) is 6.61 Å². The summed E-state index contributed by atoms with van der Waals surface area (Å²) in [4.78, 5) is 10.7. The summed E-state index contributed by atoms with van der Waals surface area (Å²) >= 11 is 0. The molecule has 0 aliphatic rings. The highest BCUT2D eigenvalue weighted by Crippen LogP contribution is 2.10. The van der Waals surface area contributed by atoms with Crippen LogP contribution in [-0.4, -0.2) is 44.6 Å². The molecule has 19 heavy (non-hydrogen) atoms. The molecule has 0 atom stereocenters. The van der Waals surface area contributed by atoms with Crippen LogP contribution in [0.15, 0.2) is 18.2 Å². The highest BCUT2D eigenvalue weighted by atomic mass is 19.1. The fraction of sp³-hybridized carbons (Fsp3) is 0.462. The molecule has 0 heterocycles. The molecule has 0 saturated carbocycles. The van der Waals surface area contributed by atoms with E-state index in [-0.39, 0.29) is 12.2 Å². The Morgan fingerprint density at radius 1 is 1.16 bits per heavy atom. The molecule has 1 N–H and O–H groups in total. The van der Waals surface area contributed by atoms with Crippen molar-refractivity contribution in [2.24, 2.45) is 0 Å². The van der Waals surface area contributed by atoms with Gasteiger partial charge >= 0.3 is 5.97 Å². The van der Waals surface area contributed by atoms with E-state index < -0.39 is 11.8 Å². The zero-order valence-corrected chi connectivity index (χ0v) is 10.7. The highest BCUT2D eigenvalue weighted by molar-refractivity contribution is 5.87. The smallest absolute Gasteiger partial charge is 0.335 e. The molecule has 1 aromatic rings. The summed E-state index contributed by atoms with van der Waals surface area (Å²) < 4.78 is 28.4. The lowest BCUT2D eigenvalue weighted by Gasteiger charge is -2.06. The SMILES string of the molecule is COCCOCCOCc1cc(F)cc(C(=O)O)c1. The first kappa shape index (κ1) is 15.6. The summed E-state index contributed by atoms with van der Waals surface area (Å²) in [5, 5.41) is 8.79. The number of carboxylic acids is 1. The lowest BCUT2D eigenvalue weighted by atomic mass is 10.1. The van der Waals surface area contributed by atoms with E-state index in [0.29, 0.717) is 32.0 Å². The molecule has 0 amide bonds. The Morgan fingerprint density at radius 2 is 1.84 bits per heavy atom. The summed E-state index contributed by atoms with van der Waals surface area (Å²) in [6.07, 6.45) is 0. The van der Waals surface area contributed by atoms with Crippen LogP contribution in [0.2, 0.25) is 0 Å². The second-order valence-corrected chi connectivity index (χ2v) is 3.81. The molecule has 5 nitrogen and oxygen atoms in total. The van der Waals surface area contributed by atoms with Crippen LogP contribution in [0.4, 0.5) is 4.39 Å². The van der Waals surface area contributed by atoms with Crippen molar-refractivity contribution in [1.29, 1.82) is 0 Å². The van der Waals surface area contributed by atoms with Crippen molar-refractivity contribution >= 4 is 5.97 Å². The Hall–Kier alpha value is -1.50. The number of halogens is 1. The third-order valence-electron chi connectivity index (χ3n) is 2.28. The van der Waals surface area contributed by atoms with Crippen LogP contribution in [0.3, 0.4) is 0 Å². The molecular weight excluding hydrogens is 255 g/mol. The summed E-state index contributed by atoms with van der Waals surface area (Å²) in [6, 6.07) is 3.61. The van der Waals surface area contributed by atoms with Crippen LogP contribution >= 0.6 is 0 Å². The van der Waals surface area contributed by atoms with Gasteiger partial charge < -0.3 is 19.3 Å². The molecule has 0 radical (unpaired) electrons. The number of benzene rings is 1. The molecule has 0 spiro atoms. The maximum absolute atomic E-state index is 13.1.